The molecule has 3 fully saturated rings. The minimum Gasteiger partial charge on any atom is -0.495 e. The average Bonchev–Trinajstić information content (AvgIpc) is 2.86. The number of sulfonamides is 1. The van der Waals surface area contributed by atoms with E-state index in [0.29, 0.717) is 44.0 Å². The molecule has 0 spiro atoms. The van der Waals surface area contributed by atoms with Gasteiger partial charge in [0.25, 0.3) is 0 Å². The summed E-state index contributed by atoms with van der Waals surface area (Å²) >= 11 is 0. The molecule has 11 heteroatoms. The van der Waals surface area contributed by atoms with E-state index in [2.05, 4.69) is 28.5 Å². The molecule has 0 aromatic heterocycles. The van der Waals surface area contributed by atoms with Crippen LogP contribution in [0.5, 0.6) is 5.75 Å². The van der Waals surface area contributed by atoms with E-state index in [4.69, 9.17) is 10.5 Å². The van der Waals surface area contributed by atoms with Gasteiger partial charge in [0.05, 0.1) is 18.6 Å². The van der Waals surface area contributed by atoms with Crippen molar-refractivity contribution in [1.29, 1.82) is 0 Å². The molecule has 0 aliphatic carbocycles. The number of hydrogen-bond acceptors (Lipinski definition) is 8. The molecular weight excluding hydrogens is 494 g/mol. The molecule has 0 radical (unpaired) electrons. The third-order valence-corrected chi connectivity index (χ3v) is 9.91. The molecule has 1 unspecified atom stereocenters. The fourth-order valence-corrected chi connectivity index (χ4v) is 7.18. The fourth-order valence-electron chi connectivity index (χ4n) is 5.67. The Kier molecular flexibility index (Phi) is 9.10. The zero-order chi connectivity index (χ0) is 26.6. The summed E-state index contributed by atoms with van der Waals surface area (Å²) < 4.78 is 32.6. The monoisotopic (exact) mass is 535 g/mol. The number of nitrogens with two attached hydrogens (primary N) is 1. The van der Waals surface area contributed by atoms with Crippen molar-refractivity contribution >= 4 is 27.5 Å². The minimum atomic E-state index is -3.21. The number of aryl methyl sites for hydroxylation is 1. The topological polar surface area (TPSA) is 134 Å². The number of benzene rings is 1. The van der Waals surface area contributed by atoms with Gasteiger partial charge in [-0.1, -0.05) is 0 Å². The van der Waals surface area contributed by atoms with Crippen LogP contribution in [-0.2, 0) is 19.6 Å². The van der Waals surface area contributed by atoms with E-state index in [1.54, 1.807) is 11.4 Å². The number of nitrogens with one attached hydrogen (secondary N) is 2. The Bertz CT molecular complexity index is 1080. The van der Waals surface area contributed by atoms with Crippen molar-refractivity contribution in [2.45, 2.75) is 69.9 Å². The predicted octanol–water partition coefficient (Wildman–Crippen LogP) is 1.54. The molecule has 3 heterocycles. The number of rotatable bonds is 9. The van der Waals surface area contributed by atoms with Gasteiger partial charge in [-0.05, 0) is 94.3 Å². The van der Waals surface area contributed by atoms with E-state index in [1.165, 1.54) is 5.56 Å². The Morgan fingerprint density at radius 2 is 1.78 bits per heavy atom. The number of carbonyl (C=O) groups excluding carboxylic acids is 2. The summed E-state index contributed by atoms with van der Waals surface area (Å²) in [7, 11) is -1.58. The number of anilines is 1. The van der Waals surface area contributed by atoms with E-state index < -0.39 is 16.1 Å². The van der Waals surface area contributed by atoms with Crippen LogP contribution in [0, 0.1) is 6.92 Å². The highest BCUT2D eigenvalue weighted by molar-refractivity contribution is 7.89. The molecule has 2 amide bonds. The molecule has 10 nitrogen and oxygen atoms in total. The number of methoxy groups -OCH3 is 1. The second-order valence-corrected chi connectivity index (χ2v) is 12.7. The SMILES string of the molecule is COc1cc(C2CCN(CCCS(=O)(=O)N3CCC(N)CC3)CC2)c(C)cc1NC1CCC(=O)NC1=O. The molecule has 4 rings (SSSR count). The first-order valence-electron chi connectivity index (χ1n) is 13.4. The number of likely N-dealkylation sites (tertiary alicyclic amines) is 1. The Morgan fingerprint density at radius 3 is 2.43 bits per heavy atom. The minimum absolute atomic E-state index is 0.120. The lowest BCUT2D eigenvalue weighted by molar-refractivity contribution is -0.133. The maximum Gasteiger partial charge on any atom is 0.249 e. The number of hydrogen-bond donors (Lipinski definition) is 3. The van der Waals surface area contributed by atoms with E-state index in [0.717, 1.165) is 56.6 Å². The van der Waals surface area contributed by atoms with Gasteiger partial charge < -0.3 is 20.7 Å². The van der Waals surface area contributed by atoms with Crippen molar-refractivity contribution < 1.29 is 22.7 Å². The van der Waals surface area contributed by atoms with Crippen LogP contribution in [0.1, 0.15) is 62.0 Å². The molecule has 1 aromatic rings. The quantitative estimate of drug-likeness (QED) is 0.406. The Hall–Kier alpha value is -2.21. The van der Waals surface area contributed by atoms with Gasteiger partial charge in [0.2, 0.25) is 21.8 Å². The number of amides is 2. The van der Waals surface area contributed by atoms with Gasteiger partial charge in [-0.2, -0.15) is 0 Å². The van der Waals surface area contributed by atoms with Crippen molar-refractivity contribution in [2.75, 3.05) is 50.9 Å². The highest BCUT2D eigenvalue weighted by Crippen LogP contribution is 2.37. The van der Waals surface area contributed by atoms with Crippen molar-refractivity contribution in [3.05, 3.63) is 23.3 Å². The Balaban J connectivity index is 1.28. The highest BCUT2D eigenvalue weighted by atomic mass is 32.2. The first-order chi connectivity index (χ1) is 17.7. The third kappa shape index (κ3) is 7.01. The number of nitrogens with zero attached hydrogens (tertiary/aromatic N) is 2. The molecule has 0 saturated carbocycles. The van der Waals surface area contributed by atoms with E-state index in [9.17, 15) is 18.0 Å². The summed E-state index contributed by atoms with van der Waals surface area (Å²) in [6.07, 6.45) is 4.90. The Labute approximate surface area is 220 Å². The lowest BCUT2D eigenvalue weighted by Gasteiger charge is -2.34. The van der Waals surface area contributed by atoms with E-state index >= 15 is 0 Å². The summed E-state index contributed by atoms with van der Waals surface area (Å²) in [6, 6.07) is 3.76. The summed E-state index contributed by atoms with van der Waals surface area (Å²) in [5.41, 5.74) is 9.05. The highest BCUT2D eigenvalue weighted by Gasteiger charge is 2.29. The fraction of sp³-hybridized carbons (Fsp3) is 0.692. The largest absolute Gasteiger partial charge is 0.495 e. The first-order valence-corrected chi connectivity index (χ1v) is 15.0. The molecule has 4 N–H and O–H groups in total. The summed E-state index contributed by atoms with van der Waals surface area (Å²) in [6.45, 7) is 5.81. The van der Waals surface area contributed by atoms with E-state index in [-0.39, 0.29) is 23.6 Å². The third-order valence-electron chi connectivity index (χ3n) is 7.95. The van der Waals surface area contributed by atoms with Crippen LogP contribution >= 0.6 is 0 Å². The second kappa shape index (κ2) is 12.1. The van der Waals surface area contributed by atoms with Crippen LogP contribution in [0.3, 0.4) is 0 Å². The van der Waals surface area contributed by atoms with Crippen LogP contribution < -0.4 is 21.1 Å². The van der Waals surface area contributed by atoms with E-state index in [1.807, 2.05) is 6.07 Å². The van der Waals surface area contributed by atoms with Gasteiger partial charge in [-0.3, -0.25) is 14.9 Å². The van der Waals surface area contributed by atoms with Crippen LogP contribution in [0.4, 0.5) is 5.69 Å². The van der Waals surface area contributed by atoms with Crippen LogP contribution in [0.25, 0.3) is 0 Å². The molecule has 1 aromatic carbocycles. The molecule has 1 atom stereocenters. The van der Waals surface area contributed by atoms with Crippen molar-refractivity contribution in [3.8, 4) is 5.75 Å². The summed E-state index contributed by atoms with van der Waals surface area (Å²) in [5, 5.41) is 5.64. The molecule has 37 heavy (non-hydrogen) atoms. The standard InChI is InChI=1S/C26H41N5O5S/c1-18-16-23(28-22-4-5-25(32)29-26(22)33)24(36-2)17-21(18)19-6-11-30(12-7-19)10-3-15-37(34,35)31-13-8-20(27)9-14-31/h16-17,19-20,22,28H,3-15,27H2,1-2H3,(H,29,32,33). The number of imide groups is 1. The smallest absolute Gasteiger partial charge is 0.249 e. The first kappa shape index (κ1) is 27.8. The number of ether oxygens (including phenoxy) is 1. The molecule has 3 aliphatic heterocycles. The summed E-state index contributed by atoms with van der Waals surface area (Å²) in [4.78, 5) is 26.0. The number of carbonyl (C=O) groups is 2. The van der Waals surface area contributed by atoms with Gasteiger partial charge in [-0.15, -0.1) is 0 Å². The summed E-state index contributed by atoms with van der Waals surface area (Å²) in [5.74, 6) is 0.745. The maximum absolute atomic E-state index is 12.7. The van der Waals surface area contributed by atoms with Gasteiger partial charge >= 0.3 is 0 Å². The second-order valence-electron chi connectivity index (χ2n) is 10.6. The van der Waals surface area contributed by atoms with Crippen molar-refractivity contribution in [2.24, 2.45) is 5.73 Å². The number of piperidine rings is 3. The Morgan fingerprint density at radius 1 is 1.08 bits per heavy atom. The normalized spacial score (nSPS) is 23.2. The molecule has 3 aliphatic rings. The van der Waals surface area contributed by atoms with Crippen molar-refractivity contribution in [3.63, 3.8) is 0 Å². The molecular formula is C26H41N5O5S. The zero-order valence-corrected chi connectivity index (χ0v) is 22.8. The predicted molar refractivity (Wildman–Crippen MR) is 143 cm³/mol. The molecule has 0 bridgehead atoms. The lowest BCUT2D eigenvalue weighted by atomic mass is 9.86. The van der Waals surface area contributed by atoms with Gasteiger partial charge in [0.15, 0.2) is 0 Å². The van der Waals surface area contributed by atoms with Crippen LogP contribution in [0.15, 0.2) is 12.1 Å². The van der Waals surface area contributed by atoms with Crippen LogP contribution in [-0.4, -0.2) is 87.1 Å². The van der Waals surface area contributed by atoms with Crippen LogP contribution in [0.2, 0.25) is 0 Å². The molecule has 206 valence electrons. The maximum atomic E-state index is 12.7. The van der Waals surface area contributed by atoms with Gasteiger partial charge in [0.1, 0.15) is 11.8 Å². The van der Waals surface area contributed by atoms with Gasteiger partial charge in [0, 0.05) is 25.6 Å². The zero-order valence-electron chi connectivity index (χ0n) is 22.0. The molecule has 3 saturated heterocycles. The van der Waals surface area contributed by atoms with Crippen molar-refractivity contribution in [1.82, 2.24) is 14.5 Å². The average molecular weight is 536 g/mol. The van der Waals surface area contributed by atoms with Gasteiger partial charge in [-0.25, -0.2) is 12.7 Å². The lowest BCUT2D eigenvalue weighted by Crippen LogP contribution is -2.47.